The summed E-state index contributed by atoms with van der Waals surface area (Å²) in [5.41, 5.74) is 0.542. The zero-order valence-electron chi connectivity index (χ0n) is 11.0. The molecule has 2 aromatic heterocycles. The molecule has 0 spiro atoms. The highest BCUT2D eigenvalue weighted by atomic mass is 35.5. The van der Waals surface area contributed by atoms with Crippen LogP contribution >= 0.6 is 22.9 Å². The topological polar surface area (TPSA) is 67.2 Å². The lowest BCUT2D eigenvalue weighted by Gasteiger charge is -2.06. The number of hydrogen-bond donors (Lipinski definition) is 2. The van der Waals surface area contributed by atoms with Crippen molar-refractivity contribution in [2.45, 2.75) is 18.9 Å². The molecule has 1 aliphatic carbocycles. The lowest BCUT2D eigenvalue weighted by atomic mass is 10.4. The van der Waals surface area contributed by atoms with Crippen LogP contribution in [-0.4, -0.2) is 27.2 Å². The summed E-state index contributed by atoms with van der Waals surface area (Å²) in [7, 11) is 0. The normalized spacial score (nSPS) is 13.6. The Bertz CT molecular complexity index is 737. The summed E-state index contributed by atoms with van der Waals surface area (Å²) in [4.78, 5) is 17.1. The standard InChI is InChI=1S/C14H12ClN3O2S/c15-9-6-12(18(8-9)10-3-4-10)13(20)17-14-16-7-11(21-14)2-1-5-19/h6-8,10,19H,3-5H2,(H,16,17,20). The maximum Gasteiger partial charge on any atom is 0.274 e. The van der Waals surface area contributed by atoms with E-state index in [1.165, 1.54) is 11.3 Å². The van der Waals surface area contributed by atoms with Gasteiger partial charge in [0, 0.05) is 12.2 Å². The van der Waals surface area contributed by atoms with Crippen molar-refractivity contribution in [1.82, 2.24) is 9.55 Å². The minimum absolute atomic E-state index is 0.201. The van der Waals surface area contributed by atoms with Crippen LogP contribution in [0, 0.1) is 11.8 Å². The SMILES string of the molecule is O=C(Nc1ncc(C#CCO)s1)c1cc(Cl)cn1C1CC1. The van der Waals surface area contributed by atoms with Gasteiger partial charge < -0.3 is 9.67 Å². The van der Waals surface area contributed by atoms with Crippen molar-refractivity contribution in [3.63, 3.8) is 0 Å². The average Bonchev–Trinajstić information content (AvgIpc) is 3.09. The first-order chi connectivity index (χ1) is 10.2. The second kappa shape index (κ2) is 5.90. The molecule has 7 heteroatoms. The average molecular weight is 322 g/mol. The number of hydrogen-bond acceptors (Lipinski definition) is 4. The lowest BCUT2D eigenvalue weighted by molar-refractivity contribution is 0.101. The fourth-order valence-corrected chi connectivity index (χ4v) is 2.85. The van der Waals surface area contributed by atoms with Crippen molar-refractivity contribution in [3.8, 4) is 11.8 Å². The van der Waals surface area contributed by atoms with Crippen LogP contribution in [0.4, 0.5) is 5.13 Å². The van der Waals surface area contributed by atoms with Gasteiger partial charge in [-0.2, -0.15) is 0 Å². The van der Waals surface area contributed by atoms with Gasteiger partial charge in [-0.05, 0) is 18.9 Å². The van der Waals surface area contributed by atoms with Crippen LogP contribution in [-0.2, 0) is 0 Å². The van der Waals surface area contributed by atoms with Gasteiger partial charge in [-0.3, -0.25) is 10.1 Å². The van der Waals surface area contributed by atoms with E-state index < -0.39 is 0 Å². The van der Waals surface area contributed by atoms with Crippen LogP contribution in [0.2, 0.25) is 5.02 Å². The van der Waals surface area contributed by atoms with E-state index in [-0.39, 0.29) is 12.5 Å². The molecule has 5 nitrogen and oxygen atoms in total. The molecule has 0 unspecified atom stereocenters. The van der Waals surface area contributed by atoms with Gasteiger partial charge >= 0.3 is 0 Å². The monoisotopic (exact) mass is 321 g/mol. The van der Waals surface area contributed by atoms with Crippen molar-refractivity contribution < 1.29 is 9.90 Å². The number of thiazole rings is 1. The first-order valence-electron chi connectivity index (χ1n) is 6.41. The highest BCUT2D eigenvalue weighted by Gasteiger charge is 2.28. The van der Waals surface area contributed by atoms with E-state index in [9.17, 15) is 4.79 Å². The van der Waals surface area contributed by atoms with Crippen LogP contribution in [0.15, 0.2) is 18.5 Å². The predicted octanol–water partition coefficient (Wildman–Crippen LogP) is 2.53. The largest absolute Gasteiger partial charge is 0.384 e. The molecule has 1 fully saturated rings. The molecule has 108 valence electrons. The van der Waals surface area contributed by atoms with Crippen LogP contribution < -0.4 is 5.32 Å². The van der Waals surface area contributed by atoms with Gasteiger partial charge in [-0.15, -0.1) is 0 Å². The summed E-state index contributed by atoms with van der Waals surface area (Å²) < 4.78 is 1.91. The number of nitrogens with zero attached hydrogens (tertiary/aromatic N) is 2. The summed E-state index contributed by atoms with van der Waals surface area (Å²) in [6.07, 6.45) is 5.50. The Morgan fingerprint density at radius 1 is 1.62 bits per heavy atom. The van der Waals surface area contributed by atoms with E-state index >= 15 is 0 Å². The van der Waals surface area contributed by atoms with Crippen LogP contribution in [0.25, 0.3) is 0 Å². The molecule has 0 radical (unpaired) electrons. The number of rotatable bonds is 3. The molecule has 1 amide bonds. The molecule has 0 aliphatic heterocycles. The van der Waals surface area contributed by atoms with Crippen LogP contribution in [0.1, 0.15) is 34.2 Å². The number of aliphatic hydroxyl groups excluding tert-OH is 1. The summed E-state index contributed by atoms with van der Waals surface area (Å²) in [5, 5.41) is 12.4. The highest BCUT2D eigenvalue weighted by Crippen LogP contribution is 2.37. The number of anilines is 1. The van der Waals surface area contributed by atoms with Crippen molar-refractivity contribution in [2.75, 3.05) is 11.9 Å². The Hall–Kier alpha value is -1.81. The molecule has 2 N–H and O–H groups in total. The van der Waals surface area contributed by atoms with E-state index in [1.54, 1.807) is 18.5 Å². The number of aromatic nitrogens is 2. The quantitative estimate of drug-likeness (QED) is 0.854. The van der Waals surface area contributed by atoms with Gasteiger partial charge in [0.2, 0.25) is 0 Å². The Kier molecular flexibility index (Phi) is 3.97. The molecule has 0 bridgehead atoms. The number of halogens is 1. The van der Waals surface area contributed by atoms with E-state index in [0.717, 1.165) is 12.8 Å². The highest BCUT2D eigenvalue weighted by molar-refractivity contribution is 7.16. The van der Waals surface area contributed by atoms with Gasteiger partial charge in [0.15, 0.2) is 5.13 Å². The minimum atomic E-state index is -0.232. The maximum absolute atomic E-state index is 12.3. The molecule has 1 aliphatic rings. The van der Waals surface area contributed by atoms with E-state index in [2.05, 4.69) is 22.1 Å². The third kappa shape index (κ3) is 3.27. The third-order valence-corrected chi connectivity index (χ3v) is 4.04. The predicted molar refractivity (Wildman–Crippen MR) is 81.7 cm³/mol. The number of aliphatic hydroxyl groups is 1. The third-order valence-electron chi connectivity index (χ3n) is 3.00. The number of amides is 1. The van der Waals surface area contributed by atoms with Gasteiger partial charge in [0.25, 0.3) is 5.91 Å². The van der Waals surface area contributed by atoms with Crippen molar-refractivity contribution >= 4 is 34.0 Å². The molecule has 3 rings (SSSR count). The zero-order valence-corrected chi connectivity index (χ0v) is 12.5. The smallest absolute Gasteiger partial charge is 0.274 e. The fraction of sp³-hybridized carbons (Fsp3) is 0.286. The fourth-order valence-electron chi connectivity index (χ4n) is 1.96. The molecule has 2 heterocycles. The van der Waals surface area contributed by atoms with E-state index in [1.807, 2.05) is 4.57 Å². The molecule has 2 aromatic rings. The lowest BCUT2D eigenvalue weighted by Crippen LogP contribution is -2.16. The molecule has 0 saturated heterocycles. The van der Waals surface area contributed by atoms with Gasteiger partial charge in [-0.1, -0.05) is 34.8 Å². The van der Waals surface area contributed by atoms with Crippen molar-refractivity contribution in [1.29, 1.82) is 0 Å². The number of carbonyl (C=O) groups is 1. The summed E-state index contributed by atoms with van der Waals surface area (Å²) in [6.45, 7) is -0.201. The van der Waals surface area contributed by atoms with Gasteiger partial charge in [-0.25, -0.2) is 4.98 Å². The Labute approximate surface area is 130 Å². The summed E-state index contributed by atoms with van der Waals surface area (Å²) in [6, 6.07) is 2.04. The van der Waals surface area contributed by atoms with Gasteiger partial charge in [0.1, 0.15) is 12.3 Å². The van der Waals surface area contributed by atoms with E-state index in [0.29, 0.717) is 26.8 Å². The van der Waals surface area contributed by atoms with E-state index in [4.69, 9.17) is 16.7 Å². The molecule has 0 atom stereocenters. The van der Waals surface area contributed by atoms with Crippen LogP contribution in [0.3, 0.4) is 0 Å². The van der Waals surface area contributed by atoms with Crippen LogP contribution in [0.5, 0.6) is 0 Å². The second-order valence-corrected chi connectivity index (χ2v) is 6.09. The maximum atomic E-state index is 12.3. The first-order valence-corrected chi connectivity index (χ1v) is 7.61. The molecule has 21 heavy (non-hydrogen) atoms. The second-order valence-electron chi connectivity index (χ2n) is 4.63. The molecule has 0 aromatic carbocycles. The number of nitrogens with one attached hydrogen (secondary N) is 1. The first kappa shape index (κ1) is 14.1. The Morgan fingerprint density at radius 2 is 2.43 bits per heavy atom. The molecular weight excluding hydrogens is 310 g/mol. The minimum Gasteiger partial charge on any atom is -0.384 e. The molecule has 1 saturated carbocycles. The summed E-state index contributed by atoms with van der Waals surface area (Å²) in [5.74, 6) is 5.06. The van der Waals surface area contributed by atoms with Gasteiger partial charge in [0.05, 0.1) is 16.1 Å². The number of carbonyl (C=O) groups excluding carboxylic acids is 1. The van der Waals surface area contributed by atoms with Crippen molar-refractivity contribution in [3.05, 3.63) is 34.1 Å². The molecular formula is C14H12ClN3O2S. The Morgan fingerprint density at radius 3 is 3.14 bits per heavy atom. The summed E-state index contributed by atoms with van der Waals surface area (Å²) >= 11 is 7.25. The Balaban J connectivity index is 1.75. The van der Waals surface area contributed by atoms with Crippen molar-refractivity contribution in [2.24, 2.45) is 0 Å². The zero-order chi connectivity index (χ0) is 14.8.